The molecular weight excluding hydrogens is 809 g/mol. The fourth-order valence-electron chi connectivity index (χ4n) is 7.74. The highest BCUT2D eigenvalue weighted by atomic mass is 35.5. The zero-order valence-electron chi connectivity index (χ0n) is 32.7. The number of nitrogens with one attached hydrogen (secondary N) is 2. The molecule has 2 heterocycles. The molecular formula is C46H44Cl2F2N6O4. The molecule has 14 heteroatoms. The minimum atomic E-state index is -0.366. The Morgan fingerprint density at radius 3 is 1.13 bits per heavy atom. The number of urea groups is 2. The number of halogens is 4. The van der Waals surface area contributed by atoms with Crippen molar-refractivity contribution >= 4 is 69.8 Å². The summed E-state index contributed by atoms with van der Waals surface area (Å²) in [7, 11) is 0. The molecule has 0 spiro atoms. The molecule has 10 nitrogen and oxygen atoms in total. The maximum Gasteiger partial charge on any atom is 0.321 e. The Morgan fingerprint density at radius 2 is 0.817 bits per heavy atom. The summed E-state index contributed by atoms with van der Waals surface area (Å²) in [6.45, 7) is 1.70. The molecule has 2 saturated heterocycles. The fraction of sp³-hybridized carbons (Fsp3) is 0.261. The first kappa shape index (κ1) is 42.2. The van der Waals surface area contributed by atoms with Gasteiger partial charge in [0.15, 0.2) is 0 Å². The first-order chi connectivity index (χ1) is 29.0. The van der Waals surface area contributed by atoms with Gasteiger partial charge in [0.25, 0.3) is 0 Å². The molecule has 60 heavy (non-hydrogen) atoms. The summed E-state index contributed by atoms with van der Waals surface area (Å²) in [4.78, 5) is 60.9. The highest BCUT2D eigenvalue weighted by Gasteiger charge is 2.32. The molecule has 0 radical (unpaired) electrons. The van der Waals surface area contributed by atoms with Crippen LogP contribution in [0.5, 0.6) is 0 Å². The zero-order valence-corrected chi connectivity index (χ0v) is 34.2. The minimum Gasteiger partial charge on any atom is -0.324 e. The third-order valence-electron chi connectivity index (χ3n) is 10.9. The molecule has 0 aromatic heterocycles. The Hall–Kier alpha value is -5.98. The van der Waals surface area contributed by atoms with E-state index in [9.17, 15) is 28.0 Å². The third kappa shape index (κ3) is 10.8. The summed E-state index contributed by atoms with van der Waals surface area (Å²) >= 11 is 12.3. The molecule has 310 valence electrons. The van der Waals surface area contributed by atoms with E-state index in [1.807, 2.05) is 0 Å². The first-order valence-corrected chi connectivity index (χ1v) is 20.6. The van der Waals surface area contributed by atoms with Crippen LogP contribution < -0.4 is 20.4 Å². The van der Waals surface area contributed by atoms with Crippen LogP contribution in [0.4, 0.5) is 41.1 Å². The molecule has 2 fully saturated rings. The predicted molar refractivity (Wildman–Crippen MR) is 232 cm³/mol. The summed E-state index contributed by atoms with van der Waals surface area (Å²) in [6.07, 6.45) is 2.42. The first-order valence-electron chi connectivity index (χ1n) is 19.8. The standard InChI is InChI=1S/C46H44Cl2F2N6O4/c47-33-5-17-39(18-6-33)55(43(57)29-31-1-9-35(49)10-2-31)41-21-25-53(26-22-41)45(59)51-37-13-15-38(16-14-37)52-46(60)54-27-23-42(24-28-54)56(40-19-7-34(48)8-20-40)44(58)30-32-3-11-36(50)12-4-32/h1-20,41-42H,21-30H2,(H,51,59)(H,52,60). The van der Waals surface area contributed by atoms with E-state index in [0.29, 0.717) is 95.8 Å². The molecule has 0 aliphatic carbocycles. The summed E-state index contributed by atoms with van der Waals surface area (Å²) < 4.78 is 27.0. The van der Waals surface area contributed by atoms with Gasteiger partial charge in [-0.05, 0) is 134 Å². The van der Waals surface area contributed by atoms with Gasteiger partial charge in [0.05, 0.1) is 12.8 Å². The van der Waals surface area contributed by atoms with Gasteiger partial charge in [-0.3, -0.25) is 9.59 Å². The summed E-state index contributed by atoms with van der Waals surface area (Å²) in [5, 5.41) is 6.98. The van der Waals surface area contributed by atoms with Crippen molar-refractivity contribution in [3.8, 4) is 0 Å². The van der Waals surface area contributed by atoms with Crippen molar-refractivity contribution in [1.82, 2.24) is 9.80 Å². The number of hydrogen-bond acceptors (Lipinski definition) is 4. The van der Waals surface area contributed by atoms with Crippen LogP contribution in [0.15, 0.2) is 121 Å². The van der Waals surface area contributed by atoms with Crippen molar-refractivity contribution in [2.45, 2.75) is 50.6 Å². The van der Waals surface area contributed by atoms with Gasteiger partial charge in [-0.25, -0.2) is 18.4 Å². The lowest BCUT2D eigenvalue weighted by Gasteiger charge is -2.38. The Balaban J connectivity index is 0.900. The van der Waals surface area contributed by atoms with Crippen molar-refractivity contribution < 1.29 is 28.0 Å². The van der Waals surface area contributed by atoms with Crippen LogP contribution in [0.25, 0.3) is 0 Å². The van der Waals surface area contributed by atoms with Crippen LogP contribution in [0.2, 0.25) is 10.0 Å². The summed E-state index contributed by atoms with van der Waals surface area (Å²) in [5.74, 6) is -0.991. The van der Waals surface area contributed by atoms with E-state index >= 15 is 0 Å². The van der Waals surface area contributed by atoms with Crippen molar-refractivity contribution in [2.75, 3.05) is 46.6 Å². The Labute approximate surface area is 357 Å². The van der Waals surface area contributed by atoms with Gasteiger partial charge in [0.1, 0.15) is 11.6 Å². The molecule has 0 saturated carbocycles. The van der Waals surface area contributed by atoms with Gasteiger partial charge in [0, 0.05) is 71.1 Å². The lowest BCUT2D eigenvalue weighted by Crippen LogP contribution is -2.50. The van der Waals surface area contributed by atoms with Crippen molar-refractivity contribution in [3.05, 3.63) is 154 Å². The lowest BCUT2D eigenvalue weighted by atomic mass is 10.0. The predicted octanol–water partition coefficient (Wildman–Crippen LogP) is 9.82. The molecule has 5 aromatic rings. The van der Waals surface area contributed by atoms with Gasteiger partial charge >= 0.3 is 12.1 Å². The number of amides is 6. The van der Waals surface area contributed by atoms with Gasteiger partial charge < -0.3 is 30.2 Å². The Bertz CT molecular complexity index is 2100. The highest BCUT2D eigenvalue weighted by Crippen LogP contribution is 2.29. The topological polar surface area (TPSA) is 105 Å². The number of nitrogens with zero attached hydrogens (tertiary/aromatic N) is 4. The smallest absolute Gasteiger partial charge is 0.321 e. The molecule has 0 bridgehead atoms. The van der Waals surface area contributed by atoms with Crippen LogP contribution in [0.3, 0.4) is 0 Å². The van der Waals surface area contributed by atoms with E-state index in [-0.39, 0.29) is 60.4 Å². The third-order valence-corrected chi connectivity index (χ3v) is 11.4. The zero-order chi connectivity index (χ0) is 42.2. The van der Waals surface area contributed by atoms with E-state index < -0.39 is 0 Å². The summed E-state index contributed by atoms with van der Waals surface area (Å²) in [6, 6.07) is 32.0. The van der Waals surface area contributed by atoms with Crippen molar-refractivity contribution in [1.29, 1.82) is 0 Å². The van der Waals surface area contributed by atoms with E-state index in [1.54, 1.807) is 117 Å². The Kier molecular flexibility index (Phi) is 13.6. The quantitative estimate of drug-likeness (QED) is 0.146. The SMILES string of the molecule is O=C(Nc1ccc(NC(=O)N2CCC(N(C(=O)Cc3ccc(F)cc3)c3ccc(Cl)cc3)CC2)cc1)N1CCC(N(C(=O)Cc2ccc(F)cc2)c2ccc(Cl)cc2)CC1. The molecule has 0 atom stereocenters. The maximum absolute atomic E-state index is 13.7. The highest BCUT2D eigenvalue weighted by molar-refractivity contribution is 6.31. The number of benzene rings is 5. The average molecular weight is 854 g/mol. The number of carbonyl (C=O) groups is 4. The van der Waals surface area contributed by atoms with E-state index in [0.717, 1.165) is 0 Å². The van der Waals surface area contributed by atoms with Gasteiger partial charge in [0.2, 0.25) is 11.8 Å². The number of carbonyl (C=O) groups excluding carboxylic acids is 4. The van der Waals surface area contributed by atoms with Crippen molar-refractivity contribution in [3.63, 3.8) is 0 Å². The van der Waals surface area contributed by atoms with Crippen LogP contribution in [-0.4, -0.2) is 71.9 Å². The maximum atomic E-state index is 13.7. The largest absolute Gasteiger partial charge is 0.324 e. The molecule has 2 N–H and O–H groups in total. The minimum absolute atomic E-state index is 0.103. The second-order valence-electron chi connectivity index (χ2n) is 15.0. The normalized spacial score (nSPS) is 14.7. The van der Waals surface area contributed by atoms with E-state index in [2.05, 4.69) is 10.6 Å². The fourth-order valence-corrected chi connectivity index (χ4v) is 7.99. The van der Waals surface area contributed by atoms with Gasteiger partial charge in [-0.2, -0.15) is 0 Å². The molecule has 2 aliphatic rings. The van der Waals surface area contributed by atoms with Crippen LogP contribution in [-0.2, 0) is 22.4 Å². The number of rotatable bonds is 10. The molecule has 5 aromatic carbocycles. The van der Waals surface area contributed by atoms with E-state index in [4.69, 9.17) is 23.2 Å². The second-order valence-corrected chi connectivity index (χ2v) is 15.8. The average Bonchev–Trinajstić information content (AvgIpc) is 3.25. The lowest BCUT2D eigenvalue weighted by molar-refractivity contribution is -0.119. The molecule has 7 rings (SSSR count). The van der Waals surface area contributed by atoms with Crippen LogP contribution >= 0.6 is 23.2 Å². The van der Waals surface area contributed by atoms with E-state index in [1.165, 1.54) is 24.3 Å². The molecule has 6 amide bonds. The number of piperidine rings is 2. The van der Waals surface area contributed by atoms with Gasteiger partial charge in [-0.15, -0.1) is 0 Å². The van der Waals surface area contributed by atoms with Crippen LogP contribution in [0.1, 0.15) is 36.8 Å². The van der Waals surface area contributed by atoms with Gasteiger partial charge in [-0.1, -0.05) is 47.5 Å². The number of likely N-dealkylation sites (tertiary alicyclic amines) is 2. The monoisotopic (exact) mass is 852 g/mol. The number of anilines is 4. The molecule has 0 unspecified atom stereocenters. The second kappa shape index (κ2) is 19.4. The van der Waals surface area contributed by atoms with Crippen LogP contribution in [0, 0.1) is 11.6 Å². The Morgan fingerprint density at radius 1 is 0.500 bits per heavy atom. The molecule has 2 aliphatic heterocycles. The summed E-state index contributed by atoms with van der Waals surface area (Å²) in [5.41, 5.74) is 3.94. The number of hydrogen-bond donors (Lipinski definition) is 2. The van der Waals surface area contributed by atoms with Crippen molar-refractivity contribution in [2.24, 2.45) is 0 Å².